The van der Waals surface area contributed by atoms with Crippen LogP contribution in [0.5, 0.6) is 0 Å². The molecule has 1 N–H and O–H groups in total. The zero-order valence-electron chi connectivity index (χ0n) is 10.8. The highest BCUT2D eigenvalue weighted by Gasteiger charge is 2.44. The van der Waals surface area contributed by atoms with E-state index in [9.17, 15) is 14.0 Å². The number of hydrogen-bond acceptors (Lipinski definition) is 2. The number of amides is 2. The van der Waals surface area contributed by atoms with Gasteiger partial charge < -0.3 is 5.32 Å². The molecule has 1 aliphatic rings. The minimum absolute atomic E-state index is 0.0235. The van der Waals surface area contributed by atoms with Crippen molar-refractivity contribution < 1.29 is 14.0 Å². The fourth-order valence-corrected chi connectivity index (χ4v) is 2.15. The summed E-state index contributed by atoms with van der Waals surface area (Å²) in [5.74, 6) is -1.19. The van der Waals surface area contributed by atoms with Crippen LogP contribution < -0.4 is 10.2 Å². The van der Waals surface area contributed by atoms with Crippen LogP contribution in [-0.2, 0) is 9.59 Å². The van der Waals surface area contributed by atoms with Crippen LogP contribution in [0.15, 0.2) is 18.2 Å². The first kappa shape index (κ1) is 13.8. The van der Waals surface area contributed by atoms with Crippen LogP contribution in [0.3, 0.4) is 0 Å². The van der Waals surface area contributed by atoms with Gasteiger partial charge >= 0.3 is 0 Å². The van der Waals surface area contributed by atoms with E-state index in [1.165, 1.54) is 17.0 Å². The van der Waals surface area contributed by atoms with Crippen molar-refractivity contribution in [3.63, 3.8) is 0 Å². The number of anilines is 1. The van der Waals surface area contributed by atoms with E-state index in [0.29, 0.717) is 5.69 Å². The molecular formula is C13H14ClFN2O2. The summed E-state index contributed by atoms with van der Waals surface area (Å²) in [6, 6.07) is 3.35. The van der Waals surface area contributed by atoms with Gasteiger partial charge in [-0.1, -0.05) is 11.6 Å². The molecule has 1 fully saturated rings. The third-order valence-corrected chi connectivity index (χ3v) is 3.44. The van der Waals surface area contributed by atoms with Crippen LogP contribution in [0.25, 0.3) is 0 Å². The number of carbonyl (C=O) groups excluding carboxylic acids is 2. The van der Waals surface area contributed by atoms with Crippen LogP contribution in [0.4, 0.5) is 10.1 Å². The summed E-state index contributed by atoms with van der Waals surface area (Å²) < 4.78 is 13.5. The van der Waals surface area contributed by atoms with Crippen molar-refractivity contribution in [1.82, 2.24) is 5.32 Å². The molecule has 2 rings (SSSR count). The number of hydrogen-bond donors (Lipinski definition) is 1. The Kier molecular flexibility index (Phi) is 3.26. The molecule has 1 atom stereocenters. The molecule has 19 heavy (non-hydrogen) atoms. The second-order valence-electron chi connectivity index (χ2n) is 5.06. The number of carbonyl (C=O) groups is 2. The minimum Gasteiger partial charge on any atom is -0.340 e. The minimum atomic E-state index is -1.01. The average Bonchev–Trinajstić information content (AvgIpc) is 2.31. The Labute approximate surface area is 115 Å². The van der Waals surface area contributed by atoms with Crippen molar-refractivity contribution in [3.8, 4) is 0 Å². The molecule has 1 unspecified atom stereocenters. The molecule has 1 saturated heterocycles. The molecule has 0 bridgehead atoms. The molecule has 4 nitrogen and oxygen atoms in total. The van der Waals surface area contributed by atoms with Crippen LogP contribution >= 0.6 is 11.6 Å². The number of benzene rings is 1. The van der Waals surface area contributed by atoms with Crippen LogP contribution in [0.1, 0.15) is 20.8 Å². The molecular weight excluding hydrogens is 271 g/mol. The standard InChI is InChI=1S/C13H14ClFN2O2/c1-7-11(18)16-13(2,3)12(19)17(7)8-4-5-9(14)10(15)6-8/h4-7H,1-3H3,(H,16,18). The normalized spacial score (nSPS) is 22.4. The molecule has 0 saturated carbocycles. The molecule has 1 heterocycles. The Hall–Kier alpha value is -1.62. The van der Waals surface area contributed by atoms with Crippen LogP contribution in [0, 0.1) is 5.82 Å². The van der Waals surface area contributed by atoms with Gasteiger partial charge in [-0.25, -0.2) is 4.39 Å². The van der Waals surface area contributed by atoms with Gasteiger partial charge in [-0.15, -0.1) is 0 Å². The first-order valence-corrected chi connectivity index (χ1v) is 6.22. The van der Waals surface area contributed by atoms with E-state index >= 15 is 0 Å². The van der Waals surface area contributed by atoms with Crippen molar-refractivity contribution in [2.24, 2.45) is 0 Å². The van der Waals surface area contributed by atoms with Crippen molar-refractivity contribution in [2.45, 2.75) is 32.4 Å². The van der Waals surface area contributed by atoms with E-state index in [-0.39, 0.29) is 16.8 Å². The number of rotatable bonds is 1. The van der Waals surface area contributed by atoms with Gasteiger partial charge in [0.1, 0.15) is 17.4 Å². The number of piperazine rings is 1. The van der Waals surface area contributed by atoms with E-state index in [1.807, 2.05) is 0 Å². The maximum atomic E-state index is 13.5. The van der Waals surface area contributed by atoms with Gasteiger partial charge in [0.25, 0.3) is 5.91 Å². The smallest absolute Gasteiger partial charge is 0.252 e. The van der Waals surface area contributed by atoms with Crippen molar-refractivity contribution in [3.05, 3.63) is 29.0 Å². The predicted molar refractivity (Wildman–Crippen MR) is 70.6 cm³/mol. The third-order valence-electron chi connectivity index (χ3n) is 3.14. The molecule has 1 aromatic rings. The predicted octanol–water partition coefficient (Wildman–Crippen LogP) is 2.11. The van der Waals surface area contributed by atoms with E-state index < -0.39 is 17.4 Å². The Morgan fingerprint density at radius 1 is 1.37 bits per heavy atom. The maximum absolute atomic E-state index is 13.5. The summed E-state index contributed by atoms with van der Waals surface area (Å²) in [6.45, 7) is 4.81. The van der Waals surface area contributed by atoms with E-state index in [2.05, 4.69) is 5.32 Å². The van der Waals surface area contributed by atoms with Gasteiger partial charge in [0.05, 0.1) is 5.02 Å². The second kappa shape index (κ2) is 4.49. The first-order valence-electron chi connectivity index (χ1n) is 5.85. The summed E-state index contributed by atoms with van der Waals surface area (Å²) in [7, 11) is 0. The molecule has 0 radical (unpaired) electrons. The van der Waals surface area contributed by atoms with Crippen molar-refractivity contribution >= 4 is 29.1 Å². The largest absolute Gasteiger partial charge is 0.340 e. The van der Waals surface area contributed by atoms with E-state index in [0.717, 1.165) is 6.07 Å². The topological polar surface area (TPSA) is 49.4 Å². The average molecular weight is 285 g/mol. The fourth-order valence-electron chi connectivity index (χ4n) is 2.04. The molecule has 0 aromatic heterocycles. The van der Waals surface area contributed by atoms with Gasteiger partial charge in [0.2, 0.25) is 5.91 Å². The molecule has 0 aliphatic carbocycles. The number of nitrogens with one attached hydrogen (secondary N) is 1. The second-order valence-corrected chi connectivity index (χ2v) is 5.47. The van der Waals surface area contributed by atoms with Crippen LogP contribution in [-0.4, -0.2) is 23.4 Å². The Balaban J connectivity index is 2.48. The quantitative estimate of drug-likeness (QED) is 0.859. The zero-order chi connectivity index (χ0) is 14.4. The van der Waals surface area contributed by atoms with E-state index in [4.69, 9.17) is 11.6 Å². The first-order chi connectivity index (χ1) is 8.74. The summed E-state index contributed by atoms with van der Waals surface area (Å²) in [5, 5.41) is 2.61. The summed E-state index contributed by atoms with van der Waals surface area (Å²) in [5.41, 5.74) is -0.693. The molecule has 1 aliphatic heterocycles. The number of halogens is 2. The fraction of sp³-hybridized carbons (Fsp3) is 0.385. The number of nitrogens with zero attached hydrogens (tertiary/aromatic N) is 1. The SMILES string of the molecule is CC1C(=O)NC(C)(C)C(=O)N1c1ccc(Cl)c(F)c1. The van der Waals surface area contributed by atoms with Gasteiger partial charge in [0.15, 0.2) is 0 Å². The Morgan fingerprint density at radius 3 is 2.58 bits per heavy atom. The van der Waals surface area contributed by atoms with Gasteiger partial charge in [-0.2, -0.15) is 0 Å². The Bertz CT molecular complexity index is 560. The highest BCUT2D eigenvalue weighted by Crippen LogP contribution is 2.28. The molecule has 6 heteroatoms. The highest BCUT2D eigenvalue weighted by molar-refractivity contribution is 6.30. The van der Waals surface area contributed by atoms with Gasteiger partial charge in [0, 0.05) is 5.69 Å². The third kappa shape index (κ3) is 2.30. The summed E-state index contributed by atoms with van der Waals surface area (Å²) in [4.78, 5) is 25.5. The zero-order valence-corrected chi connectivity index (χ0v) is 11.6. The van der Waals surface area contributed by atoms with Crippen molar-refractivity contribution in [2.75, 3.05) is 4.90 Å². The lowest BCUT2D eigenvalue weighted by Crippen LogP contribution is -2.67. The molecule has 1 aromatic carbocycles. The molecule has 2 amide bonds. The molecule has 0 spiro atoms. The van der Waals surface area contributed by atoms with E-state index in [1.54, 1.807) is 20.8 Å². The van der Waals surface area contributed by atoms with Gasteiger partial charge in [-0.3, -0.25) is 14.5 Å². The highest BCUT2D eigenvalue weighted by atomic mass is 35.5. The van der Waals surface area contributed by atoms with Gasteiger partial charge in [-0.05, 0) is 39.0 Å². The van der Waals surface area contributed by atoms with Crippen molar-refractivity contribution in [1.29, 1.82) is 0 Å². The monoisotopic (exact) mass is 284 g/mol. The summed E-state index contributed by atoms with van der Waals surface area (Å²) >= 11 is 5.62. The summed E-state index contributed by atoms with van der Waals surface area (Å²) in [6.07, 6.45) is 0. The lowest BCUT2D eigenvalue weighted by atomic mass is 9.96. The maximum Gasteiger partial charge on any atom is 0.252 e. The lowest BCUT2D eigenvalue weighted by molar-refractivity contribution is -0.136. The Morgan fingerprint density at radius 2 is 2.00 bits per heavy atom. The lowest BCUT2D eigenvalue weighted by Gasteiger charge is -2.41. The molecule has 102 valence electrons. The van der Waals surface area contributed by atoms with Crippen LogP contribution in [0.2, 0.25) is 5.02 Å².